The fraction of sp³-hybridized carbons (Fsp3) is 0.321. The molecule has 2 aliphatic heterocycles. The lowest BCUT2D eigenvalue weighted by molar-refractivity contribution is 0.568. The lowest BCUT2D eigenvalue weighted by atomic mass is 9.33. The van der Waals surface area contributed by atoms with Gasteiger partial charge in [0.25, 0.3) is 6.71 Å². The molecule has 6 aromatic carbocycles. The first kappa shape index (κ1) is 40.3. The molecule has 0 fully saturated rings. The van der Waals surface area contributed by atoms with Crippen LogP contribution in [0.2, 0.25) is 0 Å². The van der Waals surface area contributed by atoms with E-state index in [0.717, 1.165) is 0 Å². The van der Waals surface area contributed by atoms with Crippen molar-refractivity contribution in [2.24, 2.45) is 0 Å². The van der Waals surface area contributed by atoms with Crippen molar-refractivity contribution in [1.29, 1.82) is 0 Å². The van der Waals surface area contributed by atoms with Crippen LogP contribution in [0.15, 0.2) is 115 Å². The summed E-state index contributed by atoms with van der Waals surface area (Å²) in [6.07, 6.45) is 0. The van der Waals surface area contributed by atoms with Crippen molar-refractivity contribution in [3.8, 4) is 11.1 Å². The lowest BCUT2D eigenvalue weighted by Crippen LogP contribution is -2.62. The monoisotopic (exact) mass is 794 g/mol. The van der Waals surface area contributed by atoms with Crippen LogP contribution in [0.25, 0.3) is 11.1 Å². The van der Waals surface area contributed by atoms with E-state index in [0.29, 0.717) is 0 Å². The number of rotatable bonds is 4. The summed E-state index contributed by atoms with van der Waals surface area (Å²) in [4.78, 5) is 5.23. The molecule has 0 spiro atoms. The molecule has 0 N–H and O–H groups in total. The van der Waals surface area contributed by atoms with Gasteiger partial charge in [-0.15, -0.1) is 0 Å². The van der Waals surface area contributed by atoms with Crippen LogP contribution in [0, 0.1) is 6.92 Å². The molecular weight excluding hydrogens is 734 g/mol. The Balaban J connectivity index is 1.50. The number of anilines is 6. The number of aryl methyl sites for hydroxylation is 1. The van der Waals surface area contributed by atoms with Crippen molar-refractivity contribution >= 4 is 79.6 Å². The zero-order chi connectivity index (χ0) is 41.7. The third-order valence-corrected chi connectivity index (χ3v) is 14.0. The van der Waals surface area contributed by atoms with Gasteiger partial charge in [0, 0.05) is 34.1 Å². The Morgan fingerprint density at radius 2 is 1.02 bits per heavy atom. The molecule has 2 nitrogen and oxygen atoms in total. The molecule has 294 valence electrons. The molecule has 2 heterocycles. The summed E-state index contributed by atoms with van der Waals surface area (Å²) >= 11 is 0. The Bertz CT molecular complexity index is 2570. The van der Waals surface area contributed by atoms with Crippen molar-refractivity contribution in [2.45, 2.75) is 112 Å². The van der Waals surface area contributed by atoms with E-state index in [2.05, 4.69) is 223 Å². The number of hydrogen-bond acceptors (Lipinski definition) is 2. The lowest BCUT2D eigenvalue weighted by Gasteiger charge is -2.46. The maximum Gasteiger partial charge on any atom is 0.252 e. The van der Waals surface area contributed by atoms with Crippen LogP contribution in [-0.2, 0) is 21.7 Å². The minimum absolute atomic E-state index is 0.00495. The zero-order valence-corrected chi connectivity index (χ0v) is 39.2. The Labute approximate surface area is 353 Å². The Morgan fingerprint density at radius 3 is 1.60 bits per heavy atom. The zero-order valence-electron chi connectivity index (χ0n) is 37.0. The van der Waals surface area contributed by atoms with Crippen molar-refractivity contribution < 1.29 is 0 Å². The average Bonchev–Trinajstić information content (AvgIpc) is 3.16. The van der Waals surface area contributed by atoms with E-state index < -0.39 is 0 Å². The van der Waals surface area contributed by atoms with Crippen LogP contribution < -0.4 is 31.4 Å². The first-order valence-corrected chi connectivity index (χ1v) is 23.9. The summed E-state index contributed by atoms with van der Waals surface area (Å²) in [5.41, 5.74) is 20.7. The Kier molecular flexibility index (Phi) is 9.77. The minimum atomic E-state index is -0.113. The molecule has 0 saturated carbocycles. The Morgan fingerprint density at radius 1 is 0.466 bits per heavy atom. The van der Waals surface area contributed by atoms with Crippen LogP contribution >= 0.6 is 8.38 Å². The first-order chi connectivity index (χ1) is 27.1. The molecule has 0 radical (unpaired) electrons. The molecule has 0 atom stereocenters. The fourth-order valence-electron chi connectivity index (χ4n) is 9.00. The maximum absolute atomic E-state index is 4.00. The highest BCUT2D eigenvalue weighted by Gasteiger charge is 2.45. The van der Waals surface area contributed by atoms with E-state index >= 15 is 0 Å². The van der Waals surface area contributed by atoms with Gasteiger partial charge in [-0.1, -0.05) is 150 Å². The average molecular weight is 795 g/mol. The third kappa shape index (κ3) is 7.05. The highest BCUT2D eigenvalue weighted by atomic mass is 31.1. The third-order valence-electron chi connectivity index (χ3n) is 12.3. The molecular formula is C53H60BN2PSi. The number of benzene rings is 6. The van der Waals surface area contributed by atoms with Crippen LogP contribution in [-0.4, -0.2) is 15.5 Å². The summed E-state index contributed by atoms with van der Waals surface area (Å²) in [6.45, 7) is 30.5. The second-order valence-corrected chi connectivity index (χ2v) is 22.7. The second kappa shape index (κ2) is 14.1. The van der Waals surface area contributed by atoms with Crippen molar-refractivity contribution in [3.63, 3.8) is 0 Å². The van der Waals surface area contributed by atoms with E-state index in [-0.39, 0.29) is 37.1 Å². The van der Waals surface area contributed by atoms with Crippen molar-refractivity contribution in [3.05, 3.63) is 143 Å². The van der Waals surface area contributed by atoms with E-state index in [9.17, 15) is 0 Å². The smallest absolute Gasteiger partial charge is 0.252 e. The molecule has 0 aliphatic carbocycles. The molecule has 5 heteroatoms. The van der Waals surface area contributed by atoms with Gasteiger partial charge in [0.1, 0.15) is 0 Å². The standard InChI is InChI=1S/C53H60BN2PSi/c1-33-25-47-49-48(26-33)56(44-22-19-35(27-41(44)53(11,12)13)34-17-15-14-16-18-34)46-24-21-40(58-57)32-43(46)54(49)42-31-36(50(2,3)4)20-23-45(42)55(47)39-29-37(51(5,6)7)28-38(30-39)52(8,9)10/h14-32,57-58H,1-13H3. The minimum Gasteiger partial charge on any atom is -0.311 e. The van der Waals surface area contributed by atoms with Gasteiger partial charge in [-0.25, -0.2) is 0 Å². The fourth-order valence-corrected chi connectivity index (χ4v) is 10.00. The Hall–Kier alpha value is -4.50. The molecule has 0 aromatic heterocycles. The highest BCUT2D eigenvalue weighted by Crippen LogP contribution is 2.48. The summed E-state index contributed by atoms with van der Waals surface area (Å²) in [6, 6.07) is 44.9. The van der Waals surface area contributed by atoms with Crippen LogP contribution in [0.5, 0.6) is 0 Å². The van der Waals surface area contributed by atoms with Gasteiger partial charge in [0.15, 0.2) is 0 Å². The highest BCUT2D eigenvalue weighted by molar-refractivity contribution is 7.33. The molecule has 8 rings (SSSR count). The first-order valence-electron chi connectivity index (χ1n) is 21.0. The quantitative estimate of drug-likeness (QED) is 0.129. The van der Waals surface area contributed by atoms with Gasteiger partial charge in [0.05, 0.1) is 8.77 Å². The largest absolute Gasteiger partial charge is 0.311 e. The normalized spacial score (nSPS) is 13.9. The van der Waals surface area contributed by atoms with E-state index in [1.165, 1.54) is 94.6 Å². The summed E-state index contributed by atoms with van der Waals surface area (Å²) in [5, 5.41) is 1.37. The van der Waals surface area contributed by atoms with Crippen LogP contribution in [0.4, 0.5) is 34.1 Å². The van der Waals surface area contributed by atoms with Gasteiger partial charge in [-0.2, -0.15) is 8.38 Å². The van der Waals surface area contributed by atoms with E-state index in [4.69, 9.17) is 0 Å². The predicted octanol–water partition coefficient (Wildman–Crippen LogP) is 12.1. The topological polar surface area (TPSA) is 6.48 Å². The van der Waals surface area contributed by atoms with Crippen LogP contribution in [0.1, 0.15) is 111 Å². The van der Waals surface area contributed by atoms with Gasteiger partial charge in [-0.3, -0.25) is 0 Å². The predicted molar refractivity (Wildman–Crippen MR) is 261 cm³/mol. The van der Waals surface area contributed by atoms with Crippen LogP contribution in [0.3, 0.4) is 0 Å². The number of hydrogen-bond donors (Lipinski definition) is 0. The molecule has 6 aromatic rings. The van der Waals surface area contributed by atoms with E-state index in [1.54, 1.807) is 0 Å². The SMILES string of the molecule is Cc1cc2c3c(c1)N(c1ccc(-c4ccccc4)cc1C(C)(C)C)c1ccc([SiH]=P)cc1B3c1cc(C(C)(C)C)ccc1N2c1cc(C(C)(C)C)cc(C(C)(C)C)c1. The number of fused-ring (bicyclic) bond motifs is 4. The van der Waals surface area contributed by atoms with Gasteiger partial charge in [0.2, 0.25) is 0 Å². The summed E-state index contributed by atoms with van der Waals surface area (Å²) in [5.74, 6) is 0. The van der Waals surface area contributed by atoms with Crippen molar-refractivity contribution in [2.75, 3.05) is 9.80 Å². The molecule has 0 amide bonds. The molecule has 0 saturated heterocycles. The molecule has 0 unspecified atom stereocenters. The van der Waals surface area contributed by atoms with Gasteiger partial charge >= 0.3 is 0 Å². The summed E-state index contributed by atoms with van der Waals surface area (Å²) < 4.78 is 0. The van der Waals surface area contributed by atoms with Crippen molar-refractivity contribution in [1.82, 2.24) is 0 Å². The molecule has 58 heavy (non-hydrogen) atoms. The van der Waals surface area contributed by atoms with Gasteiger partial charge < -0.3 is 9.80 Å². The molecule has 2 aliphatic rings. The second-order valence-electron chi connectivity index (χ2n) is 20.9. The van der Waals surface area contributed by atoms with E-state index in [1.807, 2.05) is 0 Å². The maximum atomic E-state index is 4.00. The number of nitrogens with zero attached hydrogens (tertiary/aromatic N) is 2. The summed E-state index contributed by atoms with van der Waals surface area (Å²) in [7, 11) is 3.95. The van der Waals surface area contributed by atoms with Gasteiger partial charge in [-0.05, 0) is 138 Å². The molecule has 0 bridgehead atoms.